The monoisotopic (exact) mass is 274 g/mol. The van der Waals surface area contributed by atoms with Gasteiger partial charge in [-0.1, -0.05) is 6.08 Å². The molecule has 1 aliphatic rings. The van der Waals surface area contributed by atoms with Gasteiger partial charge in [-0.3, -0.25) is 4.90 Å². The maximum atomic E-state index is 12.9. The number of hydrogen-bond donors (Lipinski definition) is 0. The minimum atomic E-state index is -0.491. The van der Waals surface area contributed by atoms with Crippen LogP contribution in [0.15, 0.2) is 41.7 Å². The number of fused-ring (bicyclic) bond motifs is 1. The number of rotatable bonds is 3. The predicted octanol–water partition coefficient (Wildman–Crippen LogP) is 1.36. The van der Waals surface area contributed by atoms with Crippen LogP contribution in [0.4, 0.5) is 14.9 Å². The SMILES string of the molecule is C=CCn1nc2n(c1=O)C(=O)N(c1ccc(F)cc1)C2. The normalized spacial score (nSPS) is 13.7. The van der Waals surface area contributed by atoms with E-state index in [4.69, 9.17) is 0 Å². The number of carbonyl (C=O) groups excluding carboxylic acids is 1. The van der Waals surface area contributed by atoms with E-state index in [9.17, 15) is 14.0 Å². The molecule has 0 saturated carbocycles. The van der Waals surface area contributed by atoms with Crippen molar-refractivity contribution in [2.45, 2.75) is 13.1 Å². The van der Waals surface area contributed by atoms with E-state index >= 15 is 0 Å². The average molecular weight is 274 g/mol. The summed E-state index contributed by atoms with van der Waals surface area (Å²) in [7, 11) is 0. The third kappa shape index (κ3) is 1.75. The number of carbonyl (C=O) groups is 1. The summed E-state index contributed by atoms with van der Waals surface area (Å²) >= 11 is 0. The van der Waals surface area contributed by atoms with Crippen LogP contribution in [0.3, 0.4) is 0 Å². The van der Waals surface area contributed by atoms with Crippen LogP contribution in [0.2, 0.25) is 0 Å². The molecule has 1 aliphatic heterocycles. The molecule has 0 spiro atoms. The van der Waals surface area contributed by atoms with Crippen molar-refractivity contribution in [3.8, 4) is 0 Å². The van der Waals surface area contributed by atoms with Gasteiger partial charge < -0.3 is 0 Å². The van der Waals surface area contributed by atoms with Gasteiger partial charge in [0.05, 0.1) is 13.1 Å². The van der Waals surface area contributed by atoms with E-state index in [-0.39, 0.29) is 18.9 Å². The third-order valence-electron chi connectivity index (χ3n) is 3.07. The molecule has 0 unspecified atom stereocenters. The first-order valence-electron chi connectivity index (χ1n) is 5.99. The summed E-state index contributed by atoms with van der Waals surface area (Å²) in [6.07, 6.45) is 1.53. The van der Waals surface area contributed by atoms with Crippen molar-refractivity contribution in [1.29, 1.82) is 0 Å². The van der Waals surface area contributed by atoms with Crippen LogP contribution in [0, 0.1) is 5.82 Å². The van der Waals surface area contributed by atoms with Gasteiger partial charge in [-0.25, -0.2) is 18.7 Å². The van der Waals surface area contributed by atoms with Crippen LogP contribution in [-0.2, 0) is 13.1 Å². The molecule has 1 aromatic carbocycles. The number of benzene rings is 1. The number of nitrogens with zero attached hydrogens (tertiary/aromatic N) is 4. The Morgan fingerprint density at radius 2 is 2.00 bits per heavy atom. The summed E-state index contributed by atoms with van der Waals surface area (Å²) < 4.78 is 15.1. The van der Waals surface area contributed by atoms with Crippen LogP contribution >= 0.6 is 0 Å². The summed E-state index contributed by atoms with van der Waals surface area (Å²) in [5, 5.41) is 4.08. The van der Waals surface area contributed by atoms with Crippen molar-refractivity contribution in [2.75, 3.05) is 4.90 Å². The van der Waals surface area contributed by atoms with Crippen LogP contribution in [0.1, 0.15) is 5.82 Å². The molecule has 0 fully saturated rings. The molecule has 0 N–H and O–H groups in total. The molecule has 1 aromatic heterocycles. The van der Waals surface area contributed by atoms with Gasteiger partial charge in [0, 0.05) is 5.69 Å². The Morgan fingerprint density at radius 3 is 2.60 bits per heavy atom. The van der Waals surface area contributed by atoms with Gasteiger partial charge in [0.2, 0.25) is 0 Å². The van der Waals surface area contributed by atoms with Crippen molar-refractivity contribution < 1.29 is 9.18 Å². The molecule has 0 atom stereocenters. The molecule has 2 heterocycles. The van der Waals surface area contributed by atoms with Crippen molar-refractivity contribution in [1.82, 2.24) is 14.3 Å². The predicted molar refractivity (Wildman–Crippen MR) is 70.1 cm³/mol. The Labute approximate surface area is 113 Å². The van der Waals surface area contributed by atoms with Gasteiger partial charge in [-0.05, 0) is 24.3 Å². The second kappa shape index (κ2) is 4.44. The van der Waals surface area contributed by atoms with Gasteiger partial charge in [0.25, 0.3) is 0 Å². The molecule has 2 aromatic rings. The molecular weight excluding hydrogens is 263 g/mol. The highest BCUT2D eigenvalue weighted by atomic mass is 19.1. The van der Waals surface area contributed by atoms with Gasteiger partial charge in [0.1, 0.15) is 5.82 Å². The smallest absolute Gasteiger partial charge is 0.286 e. The van der Waals surface area contributed by atoms with Crippen molar-refractivity contribution in [3.63, 3.8) is 0 Å². The highest BCUT2D eigenvalue weighted by Gasteiger charge is 2.33. The minimum absolute atomic E-state index is 0.184. The summed E-state index contributed by atoms with van der Waals surface area (Å²) in [4.78, 5) is 25.6. The Balaban J connectivity index is 1.97. The largest absolute Gasteiger partial charge is 0.354 e. The Hall–Kier alpha value is -2.70. The molecule has 6 nitrogen and oxygen atoms in total. The molecule has 0 radical (unpaired) electrons. The molecular formula is C13H11FN4O2. The lowest BCUT2D eigenvalue weighted by Crippen LogP contribution is -2.34. The molecule has 3 rings (SSSR count). The van der Waals surface area contributed by atoms with E-state index < -0.39 is 11.7 Å². The first-order chi connectivity index (χ1) is 9.61. The zero-order chi connectivity index (χ0) is 14.3. The molecule has 0 bridgehead atoms. The standard InChI is InChI=1S/C13H11FN4O2/c1-2-7-17-13(20)18-11(15-17)8-16(12(18)19)10-5-3-9(14)4-6-10/h2-6H,1,7-8H2. The number of halogens is 1. The van der Waals surface area contributed by atoms with Crippen LogP contribution < -0.4 is 10.6 Å². The molecule has 0 aliphatic carbocycles. The number of hydrogen-bond acceptors (Lipinski definition) is 3. The van der Waals surface area contributed by atoms with Crippen LogP contribution in [0.25, 0.3) is 0 Å². The summed E-state index contributed by atoms with van der Waals surface area (Å²) in [5.74, 6) is -0.0161. The number of amides is 1. The highest BCUT2D eigenvalue weighted by molar-refractivity contribution is 5.95. The quantitative estimate of drug-likeness (QED) is 0.794. The second-order valence-electron chi connectivity index (χ2n) is 4.35. The van der Waals surface area contributed by atoms with Crippen LogP contribution in [-0.4, -0.2) is 20.4 Å². The van der Waals surface area contributed by atoms with E-state index in [1.165, 1.54) is 39.9 Å². The Morgan fingerprint density at radius 1 is 1.30 bits per heavy atom. The molecule has 1 amide bonds. The molecule has 102 valence electrons. The van der Waals surface area contributed by atoms with Crippen molar-refractivity contribution in [2.24, 2.45) is 0 Å². The zero-order valence-electron chi connectivity index (χ0n) is 10.5. The van der Waals surface area contributed by atoms with E-state index in [1.54, 1.807) is 0 Å². The Kier molecular flexibility index (Phi) is 2.74. The van der Waals surface area contributed by atoms with Crippen molar-refractivity contribution >= 4 is 11.7 Å². The maximum Gasteiger partial charge on any atom is 0.354 e. The lowest BCUT2D eigenvalue weighted by atomic mass is 10.3. The van der Waals surface area contributed by atoms with Gasteiger partial charge in [-0.2, -0.15) is 9.67 Å². The first-order valence-corrected chi connectivity index (χ1v) is 5.99. The number of allylic oxidation sites excluding steroid dienone is 1. The molecule has 20 heavy (non-hydrogen) atoms. The second-order valence-corrected chi connectivity index (χ2v) is 4.35. The topological polar surface area (TPSA) is 60.1 Å². The number of anilines is 1. The van der Waals surface area contributed by atoms with E-state index in [0.29, 0.717) is 11.5 Å². The lowest BCUT2D eigenvalue weighted by molar-refractivity contribution is 0.250. The first kappa shape index (κ1) is 12.3. The van der Waals surface area contributed by atoms with Gasteiger partial charge >= 0.3 is 11.7 Å². The van der Waals surface area contributed by atoms with Gasteiger partial charge in [-0.15, -0.1) is 6.58 Å². The summed E-state index contributed by atoms with van der Waals surface area (Å²) in [6.45, 7) is 3.97. The van der Waals surface area contributed by atoms with Gasteiger partial charge in [0.15, 0.2) is 5.82 Å². The van der Waals surface area contributed by atoms with Crippen molar-refractivity contribution in [3.05, 3.63) is 59.0 Å². The maximum absolute atomic E-state index is 12.9. The molecule has 0 saturated heterocycles. The fourth-order valence-corrected chi connectivity index (χ4v) is 2.14. The summed E-state index contributed by atoms with van der Waals surface area (Å²) in [6, 6.07) is 5.02. The molecule has 7 heteroatoms. The summed E-state index contributed by atoms with van der Waals surface area (Å²) in [5.41, 5.74) is 0.0334. The highest BCUT2D eigenvalue weighted by Crippen LogP contribution is 2.22. The fraction of sp³-hybridized carbons (Fsp3) is 0.154. The average Bonchev–Trinajstić information content (AvgIpc) is 2.90. The Bertz CT molecular complexity index is 745. The zero-order valence-corrected chi connectivity index (χ0v) is 10.5. The third-order valence-corrected chi connectivity index (χ3v) is 3.07. The van der Waals surface area contributed by atoms with E-state index in [0.717, 1.165) is 4.57 Å². The number of aromatic nitrogens is 3. The minimum Gasteiger partial charge on any atom is -0.286 e. The van der Waals surface area contributed by atoms with E-state index in [2.05, 4.69) is 11.7 Å². The van der Waals surface area contributed by atoms with E-state index in [1.807, 2.05) is 0 Å². The lowest BCUT2D eigenvalue weighted by Gasteiger charge is -2.14. The fourth-order valence-electron chi connectivity index (χ4n) is 2.14. The van der Waals surface area contributed by atoms with Crippen LogP contribution in [0.5, 0.6) is 0 Å².